The number of hydrogen-bond donors (Lipinski definition) is 1. The second kappa shape index (κ2) is 7.12. The number of benzene rings is 3. The lowest BCUT2D eigenvalue weighted by molar-refractivity contribution is 0.103. The molecule has 0 aliphatic carbocycles. The topological polar surface area (TPSA) is 60.7 Å². The summed E-state index contributed by atoms with van der Waals surface area (Å²) < 4.78 is 12.6. The van der Waals surface area contributed by atoms with Gasteiger partial charge in [-0.1, -0.05) is 48.5 Å². The Morgan fingerprint density at radius 1 is 0.857 bits per heavy atom. The average Bonchev–Trinajstić information content (AvgIpc) is 3.06. The summed E-state index contributed by atoms with van der Waals surface area (Å²) in [6.45, 7) is 0. The van der Waals surface area contributed by atoms with Gasteiger partial charge in [-0.3, -0.25) is 4.79 Å². The van der Waals surface area contributed by atoms with Crippen LogP contribution in [-0.2, 0) is 0 Å². The molecule has 3 aromatic carbocycles. The SMILES string of the molecule is COc1ccc2c(c(O)c(C(=O)c3ccccc3)n2-c2ccccc2)c1OC. The zero-order valence-electron chi connectivity index (χ0n) is 15.5. The van der Waals surface area contributed by atoms with Gasteiger partial charge < -0.3 is 19.1 Å². The van der Waals surface area contributed by atoms with Crippen LogP contribution in [0.2, 0.25) is 0 Å². The van der Waals surface area contributed by atoms with Gasteiger partial charge >= 0.3 is 0 Å². The lowest BCUT2D eigenvalue weighted by Gasteiger charge is -2.11. The first-order valence-corrected chi connectivity index (χ1v) is 8.81. The molecule has 28 heavy (non-hydrogen) atoms. The number of fused-ring (bicyclic) bond motifs is 1. The summed E-state index contributed by atoms with van der Waals surface area (Å²) in [6, 6.07) is 21.9. The van der Waals surface area contributed by atoms with Gasteiger partial charge in [0.25, 0.3) is 0 Å². The standard InChI is InChI=1S/C23H19NO4/c1-27-18-14-13-17-19(23(18)28-2)22(26)20(21(25)15-9-5-3-6-10-15)24(17)16-11-7-4-8-12-16/h3-14,26H,1-2H3. The molecular formula is C23H19NO4. The summed E-state index contributed by atoms with van der Waals surface area (Å²) in [5.74, 6) is 0.450. The fourth-order valence-electron chi connectivity index (χ4n) is 3.46. The molecule has 5 nitrogen and oxygen atoms in total. The third-order valence-electron chi connectivity index (χ3n) is 4.71. The summed E-state index contributed by atoms with van der Waals surface area (Å²) in [5.41, 5.74) is 2.09. The molecule has 0 radical (unpaired) electrons. The van der Waals surface area contributed by atoms with Gasteiger partial charge in [0.2, 0.25) is 5.78 Å². The van der Waals surface area contributed by atoms with Crippen LogP contribution in [-0.4, -0.2) is 29.7 Å². The van der Waals surface area contributed by atoms with Gasteiger partial charge in [-0.25, -0.2) is 0 Å². The fraction of sp³-hybridized carbons (Fsp3) is 0.0870. The van der Waals surface area contributed by atoms with Gasteiger partial charge in [-0.2, -0.15) is 0 Å². The molecule has 0 amide bonds. The minimum Gasteiger partial charge on any atom is -0.505 e. The second-order valence-electron chi connectivity index (χ2n) is 6.26. The van der Waals surface area contributed by atoms with Crippen LogP contribution in [0.4, 0.5) is 0 Å². The first-order valence-electron chi connectivity index (χ1n) is 8.81. The van der Waals surface area contributed by atoms with Crippen LogP contribution < -0.4 is 9.47 Å². The summed E-state index contributed by atoms with van der Waals surface area (Å²) >= 11 is 0. The first kappa shape index (κ1) is 17.7. The Kier molecular flexibility index (Phi) is 4.49. The van der Waals surface area contributed by atoms with Crippen LogP contribution in [0.3, 0.4) is 0 Å². The summed E-state index contributed by atoms with van der Waals surface area (Å²) in [6.07, 6.45) is 0. The Hall–Kier alpha value is -3.73. The van der Waals surface area contributed by atoms with Crippen molar-refractivity contribution in [3.05, 3.63) is 84.1 Å². The van der Waals surface area contributed by atoms with Crippen molar-refractivity contribution in [1.82, 2.24) is 4.57 Å². The monoisotopic (exact) mass is 373 g/mol. The molecule has 0 spiro atoms. The van der Waals surface area contributed by atoms with E-state index in [4.69, 9.17) is 9.47 Å². The maximum absolute atomic E-state index is 13.3. The van der Waals surface area contributed by atoms with Gasteiger partial charge in [0, 0.05) is 11.3 Å². The number of ketones is 1. The number of para-hydroxylation sites is 1. The zero-order valence-corrected chi connectivity index (χ0v) is 15.5. The Balaban J connectivity index is 2.11. The van der Waals surface area contributed by atoms with E-state index in [0.29, 0.717) is 28.0 Å². The molecule has 1 aromatic heterocycles. The van der Waals surface area contributed by atoms with Crippen LogP contribution in [0.25, 0.3) is 16.6 Å². The summed E-state index contributed by atoms with van der Waals surface area (Å²) in [4.78, 5) is 13.3. The molecule has 0 fully saturated rings. The maximum Gasteiger partial charge on any atom is 0.213 e. The maximum atomic E-state index is 13.3. The van der Waals surface area contributed by atoms with Gasteiger partial charge in [-0.05, 0) is 24.3 Å². The van der Waals surface area contributed by atoms with Gasteiger partial charge in [0.1, 0.15) is 5.69 Å². The van der Waals surface area contributed by atoms with Crippen molar-refractivity contribution >= 4 is 16.7 Å². The Labute approximate surface area is 162 Å². The average molecular weight is 373 g/mol. The highest BCUT2D eigenvalue weighted by Crippen LogP contribution is 2.45. The molecule has 1 N–H and O–H groups in total. The Bertz CT molecular complexity index is 1150. The number of carbonyl (C=O) groups excluding carboxylic acids is 1. The van der Waals surface area contributed by atoms with E-state index < -0.39 is 0 Å². The predicted molar refractivity (Wildman–Crippen MR) is 108 cm³/mol. The van der Waals surface area contributed by atoms with Crippen molar-refractivity contribution in [3.63, 3.8) is 0 Å². The van der Waals surface area contributed by atoms with Crippen LogP contribution in [0, 0.1) is 0 Å². The minimum atomic E-state index is -0.279. The molecule has 0 atom stereocenters. The number of rotatable bonds is 5. The van der Waals surface area contributed by atoms with E-state index in [-0.39, 0.29) is 17.2 Å². The molecule has 0 aliphatic heterocycles. The Morgan fingerprint density at radius 2 is 1.50 bits per heavy atom. The van der Waals surface area contributed by atoms with Crippen LogP contribution in [0.15, 0.2) is 72.8 Å². The highest BCUT2D eigenvalue weighted by Gasteiger charge is 2.28. The highest BCUT2D eigenvalue weighted by atomic mass is 16.5. The molecule has 0 saturated heterocycles. The Morgan fingerprint density at radius 3 is 2.11 bits per heavy atom. The largest absolute Gasteiger partial charge is 0.505 e. The molecule has 0 unspecified atom stereocenters. The molecule has 1 heterocycles. The van der Waals surface area contributed by atoms with Crippen molar-refractivity contribution in [3.8, 4) is 22.9 Å². The summed E-state index contributed by atoms with van der Waals surface area (Å²) in [5, 5.41) is 11.6. The second-order valence-corrected chi connectivity index (χ2v) is 6.26. The fourth-order valence-corrected chi connectivity index (χ4v) is 3.46. The lowest BCUT2D eigenvalue weighted by Crippen LogP contribution is -2.09. The number of aromatic hydroxyl groups is 1. The number of carbonyl (C=O) groups is 1. The van der Waals surface area contributed by atoms with Crippen molar-refractivity contribution in [2.45, 2.75) is 0 Å². The van der Waals surface area contributed by atoms with Crippen LogP contribution in [0.1, 0.15) is 16.1 Å². The number of ether oxygens (including phenoxy) is 2. The number of methoxy groups -OCH3 is 2. The molecule has 5 heteroatoms. The normalized spacial score (nSPS) is 10.8. The number of nitrogens with zero attached hydrogens (tertiary/aromatic N) is 1. The molecule has 4 aromatic rings. The minimum absolute atomic E-state index is 0.136. The first-order chi connectivity index (χ1) is 13.7. The molecule has 4 rings (SSSR count). The van der Waals surface area contributed by atoms with E-state index in [9.17, 15) is 9.90 Å². The quantitative estimate of drug-likeness (QED) is 0.520. The van der Waals surface area contributed by atoms with E-state index in [0.717, 1.165) is 5.69 Å². The lowest BCUT2D eigenvalue weighted by atomic mass is 10.1. The van der Waals surface area contributed by atoms with Crippen molar-refractivity contribution in [2.24, 2.45) is 0 Å². The molecule has 0 bridgehead atoms. The van der Waals surface area contributed by atoms with E-state index in [1.54, 1.807) is 34.9 Å². The smallest absolute Gasteiger partial charge is 0.213 e. The predicted octanol–water partition coefficient (Wildman–Crippen LogP) is 4.58. The third kappa shape index (κ3) is 2.68. The zero-order chi connectivity index (χ0) is 19.7. The number of aromatic nitrogens is 1. The van der Waals surface area contributed by atoms with Crippen molar-refractivity contribution in [1.29, 1.82) is 0 Å². The van der Waals surface area contributed by atoms with Gasteiger partial charge in [0.15, 0.2) is 17.2 Å². The highest BCUT2D eigenvalue weighted by molar-refractivity contribution is 6.15. The molecule has 0 saturated carbocycles. The van der Waals surface area contributed by atoms with Gasteiger partial charge in [0.05, 0.1) is 25.1 Å². The van der Waals surface area contributed by atoms with E-state index in [1.165, 1.54) is 14.2 Å². The molecule has 0 aliphatic rings. The van der Waals surface area contributed by atoms with Crippen LogP contribution in [0.5, 0.6) is 17.2 Å². The third-order valence-corrected chi connectivity index (χ3v) is 4.71. The van der Waals surface area contributed by atoms with Gasteiger partial charge in [-0.15, -0.1) is 0 Å². The van der Waals surface area contributed by atoms with E-state index in [2.05, 4.69) is 0 Å². The van der Waals surface area contributed by atoms with E-state index in [1.807, 2.05) is 42.5 Å². The molecular weight excluding hydrogens is 354 g/mol. The van der Waals surface area contributed by atoms with Crippen LogP contribution >= 0.6 is 0 Å². The summed E-state index contributed by atoms with van der Waals surface area (Å²) in [7, 11) is 3.04. The molecule has 140 valence electrons. The van der Waals surface area contributed by atoms with E-state index >= 15 is 0 Å². The van der Waals surface area contributed by atoms with Crippen molar-refractivity contribution in [2.75, 3.05) is 14.2 Å². The number of hydrogen-bond acceptors (Lipinski definition) is 4. The van der Waals surface area contributed by atoms with Crippen molar-refractivity contribution < 1.29 is 19.4 Å².